The number of nitrogens with zero attached hydrogens (tertiary/aromatic N) is 1. The highest BCUT2D eigenvalue weighted by Crippen LogP contribution is 2.31. The van der Waals surface area contributed by atoms with Crippen molar-refractivity contribution in [1.29, 1.82) is 0 Å². The van der Waals surface area contributed by atoms with Crippen molar-refractivity contribution in [3.05, 3.63) is 71.3 Å². The third-order valence-corrected chi connectivity index (χ3v) is 6.32. The van der Waals surface area contributed by atoms with Crippen LogP contribution in [0, 0.1) is 18.3 Å². The average Bonchev–Trinajstić information content (AvgIpc) is 2.87. The van der Waals surface area contributed by atoms with E-state index in [1.54, 1.807) is 49.9 Å². The summed E-state index contributed by atoms with van der Waals surface area (Å²) in [6.45, 7) is 15.1. The minimum atomic E-state index is -0.972. The van der Waals surface area contributed by atoms with Gasteiger partial charge in [-0.05, 0) is 70.7 Å². The van der Waals surface area contributed by atoms with E-state index in [2.05, 4.69) is 16.6 Å². The van der Waals surface area contributed by atoms with Gasteiger partial charge in [-0.25, -0.2) is 4.79 Å². The van der Waals surface area contributed by atoms with Crippen LogP contribution in [0.2, 0.25) is 0 Å². The minimum absolute atomic E-state index is 0.216. The molecule has 3 amide bonds. The molecular weight excluding hydrogens is 490 g/mol. The Balaban J connectivity index is 2.55. The molecule has 3 atom stereocenters. The van der Waals surface area contributed by atoms with E-state index in [4.69, 9.17) is 11.2 Å². The molecule has 2 aromatic rings. The molecule has 7 heteroatoms. The highest BCUT2D eigenvalue weighted by atomic mass is 16.6. The topological polar surface area (TPSA) is 87.7 Å². The first-order valence-electron chi connectivity index (χ1n) is 13.4. The quantitative estimate of drug-likeness (QED) is 0.411. The fourth-order valence-electron chi connectivity index (χ4n) is 4.17. The molecule has 0 heterocycles. The summed E-state index contributed by atoms with van der Waals surface area (Å²) in [5, 5.41) is 5.79. The lowest BCUT2D eigenvalue weighted by atomic mass is 9.91. The number of nitrogens with one attached hydrogen (secondary N) is 2. The smallest absolute Gasteiger partial charge is 0.408 e. The van der Waals surface area contributed by atoms with Gasteiger partial charge < -0.3 is 20.3 Å². The van der Waals surface area contributed by atoms with Crippen LogP contribution in [0.1, 0.15) is 84.5 Å². The summed E-state index contributed by atoms with van der Waals surface area (Å²) in [6.07, 6.45) is 5.51. The van der Waals surface area contributed by atoms with Crippen LogP contribution in [0.15, 0.2) is 54.6 Å². The number of ether oxygens (including phenoxy) is 1. The maximum atomic E-state index is 14.4. The lowest BCUT2D eigenvalue weighted by Crippen LogP contribution is -2.60. The molecule has 0 aliphatic carbocycles. The number of hydrogen-bond donors (Lipinski definition) is 2. The molecule has 0 saturated heterocycles. The van der Waals surface area contributed by atoms with E-state index in [9.17, 15) is 14.4 Å². The van der Waals surface area contributed by atoms with Crippen LogP contribution in [0.25, 0.3) is 0 Å². The zero-order valence-corrected chi connectivity index (χ0v) is 24.5. The van der Waals surface area contributed by atoms with Crippen molar-refractivity contribution in [2.75, 3.05) is 0 Å². The second-order valence-electron chi connectivity index (χ2n) is 11.8. The molecule has 0 fully saturated rings. The molecular formula is C32H43N3O4. The SMILES string of the molecule is C#Cc1ccc(C(C(=O)NCc2ccccc2)N(C(=O)C(NC(=O)OC(C)(C)C)C(C)CC)C(C)(C)C)cc1. The van der Waals surface area contributed by atoms with Gasteiger partial charge >= 0.3 is 6.09 Å². The summed E-state index contributed by atoms with van der Waals surface area (Å²) < 4.78 is 5.47. The Morgan fingerprint density at radius 1 is 0.974 bits per heavy atom. The second kappa shape index (κ2) is 13.3. The van der Waals surface area contributed by atoms with Crippen LogP contribution >= 0.6 is 0 Å². The maximum Gasteiger partial charge on any atom is 0.408 e. The lowest BCUT2D eigenvalue weighted by Gasteiger charge is -2.43. The van der Waals surface area contributed by atoms with E-state index in [0.29, 0.717) is 24.1 Å². The normalized spacial score (nSPS) is 13.8. The van der Waals surface area contributed by atoms with Crippen molar-refractivity contribution in [2.45, 2.75) is 91.6 Å². The lowest BCUT2D eigenvalue weighted by molar-refractivity contribution is -0.149. The van der Waals surface area contributed by atoms with Crippen molar-refractivity contribution in [2.24, 2.45) is 5.92 Å². The van der Waals surface area contributed by atoms with Crippen LogP contribution in [-0.2, 0) is 20.9 Å². The summed E-state index contributed by atoms with van der Waals surface area (Å²) in [7, 11) is 0. The van der Waals surface area contributed by atoms with Gasteiger partial charge in [-0.3, -0.25) is 9.59 Å². The Morgan fingerprint density at radius 2 is 1.56 bits per heavy atom. The first-order chi connectivity index (χ1) is 18.2. The first-order valence-corrected chi connectivity index (χ1v) is 13.4. The molecule has 39 heavy (non-hydrogen) atoms. The number of carbonyl (C=O) groups is 3. The number of amides is 3. The fourth-order valence-corrected chi connectivity index (χ4v) is 4.17. The Bertz CT molecular complexity index is 1160. The van der Waals surface area contributed by atoms with Crippen molar-refractivity contribution < 1.29 is 19.1 Å². The van der Waals surface area contributed by atoms with E-state index in [-0.39, 0.29) is 17.7 Å². The van der Waals surface area contributed by atoms with Crippen molar-refractivity contribution in [1.82, 2.24) is 15.5 Å². The van der Waals surface area contributed by atoms with Crippen LogP contribution in [0.4, 0.5) is 4.79 Å². The molecule has 2 N–H and O–H groups in total. The van der Waals surface area contributed by atoms with Gasteiger partial charge in [0.05, 0.1) is 0 Å². The minimum Gasteiger partial charge on any atom is -0.444 e. The van der Waals surface area contributed by atoms with Gasteiger partial charge in [-0.2, -0.15) is 0 Å². The van der Waals surface area contributed by atoms with Gasteiger partial charge in [0.25, 0.3) is 0 Å². The van der Waals surface area contributed by atoms with Crippen LogP contribution in [0.5, 0.6) is 0 Å². The highest BCUT2D eigenvalue weighted by Gasteiger charge is 2.43. The van der Waals surface area contributed by atoms with Gasteiger partial charge in [-0.1, -0.05) is 68.7 Å². The van der Waals surface area contributed by atoms with Gasteiger partial charge in [0.1, 0.15) is 17.7 Å². The maximum absolute atomic E-state index is 14.4. The predicted molar refractivity (Wildman–Crippen MR) is 155 cm³/mol. The standard InChI is InChI=1S/C32H43N3O4/c1-10-22(3)26(34-30(38)39-32(7,8)9)29(37)35(31(4,5)6)27(25-19-17-23(11-2)18-20-25)28(36)33-21-24-15-13-12-14-16-24/h2,12-20,22,26-27H,10,21H2,1,3-9H3,(H,33,36)(H,34,38). The van der Waals surface area contributed by atoms with Gasteiger partial charge in [0.2, 0.25) is 11.8 Å². The van der Waals surface area contributed by atoms with Gasteiger partial charge in [0.15, 0.2) is 0 Å². The largest absolute Gasteiger partial charge is 0.444 e. The Labute approximate surface area is 233 Å². The number of carbonyl (C=O) groups excluding carboxylic acids is 3. The monoisotopic (exact) mass is 533 g/mol. The molecule has 0 bridgehead atoms. The van der Waals surface area contributed by atoms with Gasteiger partial charge in [0, 0.05) is 17.6 Å². The van der Waals surface area contributed by atoms with E-state index >= 15 is 0 Å². The zero-order valence-electron chi connectivity index (χ0n) is 24.5. The van der Waals surface area contributed by atoms with Crippen LogP contribution in [-0.4, -0.2) is 40.0 Å². The average molecular weight is 534 g/mol. The van der Waals surface area contributed by atoms with Crippen molar-refractivity contribution >= 4 is 17.9 Å². The summed E-state index contributed by atoms with van der Waals surface area (Å²) in [5.74, 6) is 1.66. The van der Waals surface area contributed by atoms with E-state index < -0.39 is 29.3 Å². The molecule has 3 unspecified atom stereocenters. The van der Waals surface area contributed by atoms with Crippen molar-refractivity contribution in [3.63, 3.8) is 0 Å². The Morgan fingerprint density at radius 3 is 2.05 bits per heavy atom. The molecule has 0 aliphatic heterocycles. The molecule has 2 rings (SSSR count). The number of terminal acetylenes is 1. The van der Waals surface area contributed by atoms with E-state index in [1.165, 1.54) is 0 Å². The number of hydrogen-bond acceptors (Lipinski definition) is 4. The molecule has 2 aromatic carbocycles. The zero-order chi connectivity index (χ0) is 29.4. The molecule has 7 nitrogen and oxygen atoms in total. The molecule has 0 spiro atoms. The summed E-state index contributed by atoms with van der Waals surface area (Å²) >= 11 is 0. The first kappa shape index (κ1) is 31.4. The molecule has 0 aliphatic rings. The summed E-state index contributed by atoms with van der Waals surface area (Å²) in [6, 6.07) is 14.7. The number of rotatable bonds is 9. The third-order valence-electron chi connectivity index (χ3n) is 6.32. The Hall–Kier alpha value is -3.79. The number of alkyl carbamates (subject to hydrolysis) is 1. The Kier molecular flexibility index (Phi) is 10.7. The second-order valence-corrected chi connectivity index (χ2v) is 11.8. The van der Waals surface area contributed by atoms with Crippen LogP contribution < -0.4 is 10.6 Å². The summed E-state index contributed by atoms with van der Waals surface area (Å²) in [4.78, 5) is 42.6. The molecule has 0 aromatic heterocycles. The van der Waals surface area contributed by atoms with E-state index in [1.807, 2.05) is 65.0 Å². The molecule has 0 saturated carbocycles. The fraction of sp³-hybridized carbons (Fsp3) is 0.469. The summed E-state index contributed by atoms with van der Waals surface area (Å²) in [5.41, 5.74) is 0.709. The highest BCUT2D eigenvalue weighted by molar-refractivity contribution is 5.92. The third kappa shape index (κ3) is 9.17. The van der Waals surface area contributed by atoms with Crippen LogP contribution in [0.3, 0.4) is 0 Å². The molecule has 210 valence electrons. The van der Waals surface area contributed by atoms with Gasteiger partial charge in [-0.15, -0.1) is 6.42 Å². The predicted octanol–water partition coefficient (Wildman–Crippen LogP) is 5.59. The number of benzene rings is 2. The van der Waals surface area contributed by atoms with Crippen molar-refractivity contribution in [3.8, 4) is 12.3 Å². The van der Waals surface area contributed by atoms with E-state index in [0.717, 1.165) is 5.56 Å². The molecule has 0 radical (unpaired) electrons.